The van der Waals surface area contributed by atoms with Crippen LogP contribution in [0.1, 0.15) is 16.7 Å². The van der Waals surface area contributed by atoms with Gasteiger partial charge in [0.15, 0.2) is 11.5 Å². The molecule has 1 N–H and O–H groups in total. The molecule has 118 valence electrons. The highest BCUT2D eigenvalue weighted by molar-refractivity contribution is 5.56. The van der Waals surface area contributed by atoms with E-state index in [0.717, 1.165) is 11.3 Å². The molecule has 0 aliphatic rings. The fraction of sp³-hybridized carbons (Fsp3) is 0.333. The van der Waals surface area contributed by atoms with Crippen molar-refractivity contribution in [3.63, 3.8) is 0 Å². The average Bonchev–Trinajstić information content (AvgIpc) is 2.55. The van der Waals surface area contributed by atoms with Gasteiger partial charge in [-0.2, -0.15) is 0 Å². The number of methoxy groups -OCH3 is 3. The molecular formula is C18H23NO3. The summed E-state index contributed by atoms with van der Waals surface area (Å²) in [5.74, 6) is 1.94. The first kappa shape index (κ1) is 16.0. The zero-order chi connectivity index (χ0) is 16.1. The molecule has 0 fully saturated rings. The van der Waals surface area contributed by atoms with E-state index in [-0.39, 0.29) is 0 Å². The maximum atomic E-state index is 5.38. The molecule has 0 saturated carbocycles. The number of anilines is 1. The predicted molar refractivity (Wildman–Crippen MR) is 89.3 cm³/mol. The summed E-state index contributed by atoms with van der Waals surface area (Å²) in [6, 6.07) is 10.2. The van der Waals surface area contributed by atoms with Crippen LogP contribution < -0.4 is 19.5 Å². The standard InChI is InChI=1S/C18H23NO3/c1-12-7-6-8-15(13(12)2)19-11-14-9-16(20-3)18(22-5)17(10-14)21-4/h6-10,19H,11H2,1-5H3. The maximum Gasteiger partial charge on any atom is 0.203 e. The van der Waals surface area contributed by atoms with Crippen LogP contribution in [0, 0.1) is 13.8 Å². The number of ether oxygens (including phenoxy) is 3. The lowest BCUT2D eigenvalue weighted by Crippen LogP contribution is -2.03. The molecule has 0 aliphatic heterocycles. The first-order chi connectivity index (χ1) is 10.6. The van der Waals surface area contributed by atoms with E-state index < -0.39 is 0 Å². The Labute approximate surface area is 132 Å². The molecule has 4 heteroatoms. The molecule has 0 bridgehead atoms. The predicted octanol–water partition coefficient (Wildman–Crippen LogP) is 3.94. The lowest BCUT2D eigenvalue weighted by atomic mass is 10.1. The van der Waals surface area contributed by atoms with E-state index in [9.17, 15) is 0 Å². The smallest absolute Gasteiger partial charge is 0.203 e. The quantitative estimate of drug-likeness (QED) is 0.877. The minimum Gasteiger partial charge on any atom is -0.493 e. The van der Waals surface area contributed by atoms with E-state index in [2.05, 4.69) is 37.4 Å². The van der Waals surface area contributed by atoms with E-state index in [0.29, 0.717) is 23.8 Å². The Kier molecular flexibility index (Phi) is 5.15. The first-order valence-corrected chi connectivity index (χ1v) is 7.19. The molecule has 2 aromatic carbocycles. The normalized spacial score (nSPS) is 10.2. The van der Waals surface area contributed by atoms with Crippen LogP contribution >= 0.6 is 0 Å². The first-order valence-electron chi connectivity index (χ1n) is 7.19. The summed E-state index contributed by atoms with van der Waals surface area (Å²) < 4.78 is 16.1. The molecule has 0 heterocycles. The van der Waals surface area contributed by atoms with Crippen LogP contribution in [0.5, 0.6) is 17.2 Å². The number of aryl methyl sites for hydroxylation is 1. The molecule has 2 aromatic rings. The summed E-state index contributed by atoms with van der Waals surface area (Å²) in [5, 5.41) is 3.46. The summed E-state index contributed by atoms with van der Waals surface area (Å²) in [7, 11) is 4.85. The SMILES string of the molecule is COc1cc(CNc2cccc(C)c2C)cc(OC)c1OC. The van der Waals surface area contributed by atoms with Gasteiger partial charge < -0.3 is 19.5 Å². The molecular weight excluding hydrogens is 278 g/mol. The van der Waals surface area contributed by atoms with Crippen LogP contribution in [0.3, 0.4) is 0 Å². The van der Waals surface area contributed by atoms with E-state index in [4.69, 9.17) is 14.2 Å². The second-order valence-electron chi connectivity index (χ2n) is 5.13. The fourth-order valence-corrected chi connectivity index (χ4v) is 2.38. The fourth-order valence-electron chi connectivity index (χ4n) is 2.38. The van der Waals surface area contributed by atoms with Crippen molar-refractivity contribution in [1.82, 2.24) is 0 Å². The van der Waals surface area contributed by atoms with Crippen molar-refractivity contribution in [1.29, 1.82) is 0 Å². The summed E-state index contributed by atoms with van der Waals surface area (Å²) in [5.41, 5.74) is 4.73. The van der Waals surface area contributed by atoms with Gasteiger partial charge in [-0.3, -0.25) is 0 Å². The third-order valence-corrected chi connectivity index (χ3v) is 3.81. The van der Waals surface area contributed by atoms with Crippen molar-refractivity contribution in [2.24, 2.45) is 0 Å². The maximum absolute atomic E-state index is 5.38. The minimum atomic E-state index is 0.612. The zero-order valence-electron chi connectivity index (χ0n) is 13.8. The Morgan fingerprint density at radius 1 is 0.909 bits per heavy atom. The third-order valence-electron chi connectivity index (χ3n) is 3.81. The van der Waals surface area contributed by atoms with Gasteiger partial charge in [0.1, 0.15) is 0 Å². The van der Waals surface area contributed by atoms with Crippen molar-refractivity contribution in [2.75, 3.05) is 26.6 Å². The number of benzene rings is 2. The Morgan fingerprint density at radius 3 is 2.09 bits per heavy atom. The van der Waals surface area contributed by atoms with Crippen molar-refractivity contribution >= 4 is 5.69 Å². The Morgan fingerprint density at radius 2 is 1.55 bits per heavy atom. The van der Waals surface area contributed by atoms with Gasteiger partial charge in [0, 0.05) is 12.2 Å². The highest BCUT2D eigenvalue weighted by Gasteiger charge is 2.13. The second kappa shape index (κ2) is 7.07. The highest BCUT2D eigenvalue weighted by Crippen LogP contribution is 2.38. The number of hydrogen-bond acceptors (Lipinski definition) is 4. The van der Waals surface area contributed by atoms with Crippen molar-refractivity contribution in [3.8, 4) is 17.2 Å². The topological polar surface area (TPSA) is 39.7 Å². The molecule has 0 atom stereocenters. The van der Waals surface area contributed by atoms with Gasteiger partial charge in [0.2, 0.25) is 5.75 Å². The zero-order valence-corrected chi connectivity index (χ0v) is 13.8. The van der Waals surface area contributed by atoms with Crippen molar-refractivity contribution < 1.29 is 14.2 Å². The third kappa shape index (κ3) is 3.27. The molecule has 0 saturated heterocycles. The van der Waals surface area contributed by atoms with Crippen molar-refractivity contribution in [2.45, 2.75) is 20.4 Å². The van der Waals surface area contributed by atoms with Gasteiger partial charge in [0.05, 0.1) is 21.3 Å². The molecule has 0 unspecified atom stereocenters. The molecule has 4 nitrogen and oxygen atoms in total. The Balaban J connectivity index is 2.24. The van der Waals surface area contributed by atoms with Crippen LogP contribution in [0.15, 0.2) is 30.3 Å². The van der Waals surface area contributed by atoms with Gasteiger partial charge in [-0.25, -0.2) is 0 Å². The monoisotopic (exact) mass is 301 g/mol. The Bertz CT molecular complexity index is 628. The molecule has 0 aromatic heterocycles. The van der Waals surface area contributed by atoms with Crippen LogP contribution in [0.25, 0.3) is 0 Å². The Hall–Kier alpha value is -2.36. The van der Waals surface area contributed by atoms with Crippen LogP contribution in [0.2, 0.25) is 0 Å². The van der Waals surface area contributed by atoms with E-state index in [1.807, 2.05) is 12.1 Å². The van der Waals surface area contributed by atoms with Gasteiger partial charge in [-0.15, -0.1) is 0 Å². The number of hydrogen-bond donors (Lipinski definition) is 1. The number of rotatable bonds is 6. The average molecular weight is 301 g/mol. The molecule has 2 rings (SSSR count). The lowest BCUT2D eigenvalue weighted by molar-refractivity contribution is 0.324. The van der Waals surface area contributed by atoms with Gasteiger partial charge >= 0.3 is 0 Å². The van der Waals surface area contributed by atoms with E-state index in [1.165, 1.54) is 11.1 Å². The highest BCUT2D eigenvalue weighted by atomic mass is 16.5. The summed E-state index contributed by atoms with van der Waals surface area (Å²) in [6.45, 7) is 4.91. The summed E-state index contributed by atoms with van der Waals surface area (Å²) in [6.07, 6.45) is 0. The molecule has 22 heavy (non-hydrogen) atoms. The largest absolute Gasteiger partial charge is 0.493 e. The van der Waals surface area contributed by atoms with Gasteiger partial charge in [-0.1, -0.05) is 12.1 Å². The van der Waals surface area contributed by atoms with E-state index >= 15 is 0 Å². The molecule has 0 radical (unpaired) electrons. The molecule has 0 aliphatic carbocycles. The molecule has 0 spiro atoms. The van der Waals surface area contributed by atoms with Crippen LogP contribution in [-0.2, 0) is 6.54 Å². The second-order valence-corrected chi connectivity index (χ2v) is 5.13. The van der Waals surface area contributed by atoms with Crippen LogP contribution in [-0.4, -0.2) is 21.3 Å². The van der Waals surface area contributed by atoms with Gasteiger partial charge in [0.25, 0.3) is 0 Å². The molecule has 0 amide bonds. The number of nitrogens with one attached hydrogen (secondary N) is 1. The van der Waals surface area contributed by atoms with E-state index in [1.54, 1.807) is 21.3 Å². The van der Waals surface area contributed by atoms with Crippen LogP contribution in [0.4, 0.5) is 5.69 Å². The summed E-state index contributed by atoms with van der Waals surface area (Å²) >= 11 is 0. The van der Waals surface area contributed by atoms with Crippen molar-refractivity contribution in [3.05, 3.63) is 47.0 Å². The van der Waals surface area contributed by atoms with Gasteiger partial charge in [-0.05, 0) is 48.7 Å². The lowest BCUT2D eigenvalue weighted by Gasteiger charge is -2.16. The minimum absolute atomic E-state index is 0.612. The summed E-state index contributed by atoms with van der Waals surface area (Å²) in [4.78, 5) is 0.